The molecule has 23 heavy (non-hydrogen) atoms. The number of carbonyl (C=O) groups is 1. The zero-order chi connectivity index (χ0) is 16.4. The Balaban J connectivity index is 1.68. The highest BCUT2D eigenvalue weighted by Crippen LogP contribution is 2.22. The summed E-state index contributed by atoms with van der Waals surface area (Å²) in [7, 11) is 0. The number of hydrogen-bond donors (Lipinski definition) is 1. The van der Waals surface area contributed by atoms with Crippen LogP contribution in [-0.4, -0.2) is 23.4 Å². The summed E-state index contributed by atoms with van der Waals surface area (Å²) in [5.74, 6) is -0.743. The summed E-state index contributed by atoms with van der Waals surface area (Å²) in [5.41, 5.74) is 2.74. The van der Waals surface area contributed by atoms with Crippen LogP contribution in [0.3, 0.4) is 0 Å². The van der Waals surface area contributed by atoms with E-state index in [0.717, 1.165) is 19.5 Å². The summed E-state index contributed by atoms with van der Waals surface area (Å²) in [6.07, 6.45) is 0.920. The van der Waals surface area contributed by atoms with Gasteiger partial charge >= 0.3 is 0 Å². The first-order valence-corrected chi connectivity index (χ1v) is 7.99. The molecule has 1 heterocycles. The lowest BCUT2D eigenvalue weighted by atomic mass is 9.99. The third kappa shape index (κ3) is 3.54. The summed E-state index contributed by atoms with van der Waals surface area (Å²) in [6.45, 7) is 3.39. The first-order valence-electron chi connectivity index (χ1n) is 7.61. The van der Waals surface area contributed by atoms with E-state index < -0.39 is 5.82 Å². The van der Waals surface area contributed by atoms with Crippen LogP contribution in [0.5, 0.6) is 0 Å². The van der Waals surface area contributed by atoms with E-state index in [1.165, 1.54) is 23.3 Å². The van der Waals surface area contributed by atoms with Gasteiger partial charge in [-0.1, -0.05) is 35.9 Å². The van der Waals surface area contributed by atoms with Gasteiger partial charge in [0.25, 0.3) is 0 Å². The van der Waals surface area contributed by atoms with E-state index in [1.54, 1.807) is 6.07 Å². The predicted molar refractivity (Wildman–Crippen MR) is 90.1 cm³/mol. The van der Waals surface area contributed by atoms with Crippen LogP contribution in [0.2, 0.25) is 5.02 Å². The average Bonchev–Trinajstić information content (AvgIpc) is 2.56. The summed E-state index contributed by atoms with van der Waals surface area (Å²) in [5, 5.41) is 2.95. The smallest absolute Gasteiger partial charge is 0.241 e. The Morgan fingerprint density at radius 1 is 1.26 bits per heavy atom. The van der Waals surface area contributed by atoms with Crippen LogP contribution in [0.4, 0.5) is 10.1 Å². The molecule has 2 aromatic carbocycles. The highest BCUT2D eigenvalue weighted by Gasteiger charge is 2.25. The number of benzene rings is 2. The predicted octanol–water partition coefficient (Wildman–Crippen LogP) is 3.86. The van der Waals surface area contributed by atoms with Crippen molar-refractivity contribution >= 4 is 23.2 Å². The fraction of sp³-hybridized carbons (Fsp3) is 0.278. The number of halogens is 2. The Morgan fingerprint density at radius 2 is 2.00 bits per heavy atom. The topological polar surface area (TPSA) is 32.3 Å². The first-order chi connectivity index (χ1) is 11.0. The number of rotatable bonds is 3. The number of nitrogens with zero attached hydrogens (tertiary/aromatic N) is 1. The average molecular weight is 333 g/mol. The van der Waals surface area contributed by atoms with Crippen molar-refractivity contribution in [2.75, 3.05) is 11.9 Å². The van der Waals surface area contributed by atoms with Gasteiger partial charge in [-0.25, -0.2) is 4.39 Å². The van der Waals surface area contributed by atoms with E-state index in [2.05, 4.69) is 22.3 Å². The maximum absolute atomic E-state index is 13.8. The zero-order valence-corrected chi connectivity index (χ0v) is 13.6. The van der Waals surface area contributed by atoms with Gasteiger partial charge in [-0.3, -0.25) is 9.69 Å². The first kappa shape index (κ1) is 16.0. The van der Waals surface area contributed by atoms with Crippen molar-refractivity contribution in [1.29, 1.82) is 0 Å². The second-order valence-corrected chi connectivity index (χ2v) is 6.22. The molecular formula is C18H18ClFN2O. The Labute approximate surface area is 140 Å². The molecule has 2 aromatic rings. The maximum Gasteiger partial charge on any atom is 0.241 e. The molecule has 1 N–H and O–H groups in total. The third-order valence-corrected chi connectivity index (χ3v) is 4.51. The fourth-order valence-electron chi connectivity index (χ4n) is 2.84. The molecule has 0 aromatic heterocycles. The lowest BCUT2D eigenvalue weighted by molar-refractivity contribution is -0.121. The van der Waals surface area contributed by atoms with Crippen LogP contribution >= 0.6 is 11.6 Å². The van der Waals surface area contributed by atoms with Crippen LogP contribution in [0, 0.1) is 5.82 Å². The maximum atomic E-state index is 13.8. The second kappa shape index (κ2) is 6.69. The highest BCUT2D eigenvalue weighted by atomic mass is 35.5. The van der Waals surface area contributed by atoms with Gasteiger partial charge in [0.2, 0.25) is 5.91 Å². The van der Waals surface area contributed by atoms with Crippen molar-refractivity contribution in [3.8, 4) is 0 Å². The minimum Gasteiger partial charge on any atom is -0.322 e. The lowest BCUT2D eigenvalue weighted by Crippen LogP contribution is -2.44. The van der Waals surface area contributed by atoms with Gasteiger partial charge in [-0.2, -0.15) is 0 Å². The monoisotopic (exact) mass is 332 g/mol. The van der Waals surface area contributed by atoms with Crippen LogP contribution in [0.25, 0.3) is 0 Å². The van der Waals surface area contributed by atoms with Crippen molar-refractivity contribution in [1.82, 2.24) is 4.90 Å². The van der Waals surface area contributed by atoms with E-state index in [1.807, 2.05) is 19.1 Å². The molecule has 1 amide bonds. The Hall–Kier alpha value is -1.91. The van der Waals surface area contributed by atoms with Gasteiger partial charge in [0, 0.05) is 18.1 Å². The summed E-state index contributed by atoms with van der Waals surface area (Å²) in [4.78, 5) is 14.5. The molecule has 0 saturated carbocycles. The normalized spacial score (nSPS) is 15.8. The molecule has 1 aliphatic heterocycles. The van der Waals surface area contributed by atoms with Crippen molar-refractivity contribution < 1.29 is 9.18 Å². The van der Waals surface area contributed by atoms with Gasteiger partial charge in [-0.15, -0.1) is 0 Å². The number of anilines is 1. The van der Waals surface area contributed by atoms with Gasteiger partial charge in [0.1, 0.15) is 5.82 Å². The largest absolute Gasteiger partial charge is 0.322 e. The molecule has 0 aliphatic carbocycles. The molecule has 0 saturated heterocycles. The number of amides is 1. The molecule has 0 fully saturated rings. The van der Waals surface area contributed by atoms with Crippen LogP contribution in [0.1, 0.15) is 18.1 Å². The molecule has 120 valence electrons. The summed E-state index contributed by atoms with van der Waals surface area (Å²) < 4.78 is 13.8. The van der Waals surface area contributed by atoms with Crippen molar-refractivity contribution in [3.63, 3.8) is 0 Å². The number of fused-ring (bicyclic) bond motifs is 1. The quantitative estimate of drug-likeness (QED) is 0.925. The molecule has 0 spiro atoms. The Morgan fingerprint density at radius 3 is 2.74 bits per heavy atom. The molecule has 3 rings (SSSR count). The Kier molecular flexibility index (Phi) is 4.64. The van der Waals surface area contributed by atoms with E-state index in [4.69, 9.17) is 11.6 Å². The van der Waals surface area contributed by atoms with Crippen molar-refractivity contribution in [2.24, 2.45) is 0 Å². The van der Waals surface area contributed by atoms with Crippen LogP contribution in [0.15, 0.2) is 42.5 Å². The van der Waals surface area contributed by atoms with Gasteiger partial charge in [0.15, 0.2) is 0 Å². The lowest BCUT2D eigenvalue weighted by Gasteiger charge is -2.32. The summed E-state index contributed by atoms with van der Waals surface area (Å²) in [6, 6.07) is 12.2. The van der Waals surface area contributed by atoms with E-state index in [-0.39, 0.29) is 17.6 Å². The number of hydrogen-bond acceptors (Lipinski definition) is 2. The summed E-state index contributed by atoms with van der Waals surface area (Å²) >= 11 is 5.72. The zero-order valence-electron chi connectivity index (χ0n) is 12.9. The van der Waals surface area contributed by atoms with Crippen LogP contribution < -0.4 is 5.32 Å². The standard InChI is InChI=1S/C18H18ClFN2O/c1-12(18(23)21-17-7-6-15(19)10-16(17)20)22-9-8-13-4-2-3-5-14(13)11-22/h2-7,10,12H,8-9,11H2,1H3,(H,21,23)/t12-/m0/s1. The van der Waals surface area contributed by atoms with E-state index in [9.17, 15) is 9.18 Å². The molecule has 3 nitrogen and oxygen atoms in total. The van der Waals surface area contributed by atoms with Crippen LogP contribution in [-0.2, 0) is 17.8 Å². The van der Waals surface area contributed by atoms with Crippen molar-refractivity contribution in [3.05, 3.63) is 64.4 Å². The minimum absolute atomic E-state index is 0.156. The van der Waals surface area contributed by atoms with Gasteiger partial charge in [-0.05, 0) is 42.7 Å². The van der Waals surface area contributed by atoms with E-state index in [0.29, 0.717) is 5.02 Å². The van der Waals surface area contributed by atoms with Gasteiger partial charge in [0.05, 0.1) is 11.7 Å². The number of nitrogens with one attached hydrogen (secondary N) is 1. The fourth-order valence-corrected chi connectivity index (χ4v) is 3.00. The minimum atomic E-state index is -0.526. The molecular weight excluding hydrogens is 315 g/mol. The second-order valence-electron chi connectivity index (χ2n) is 5.78. The highest BCUT2D eigenvalue weighted by molar-refractivity contribution is 6.30. The number of carbonyl (C=O) groups excluding carboxylic acids is 1. The molecule has 0 radical (unpaired) electrons. The van der Waals surface area contributed by atoms with Crippen molar-refractivity contribution in [2.45, 2.75) is 25.9 Å². The molecule has 0 bridgehead atoms. The Bertz CT molecular complexity index is 735. The molecule has 1 aliphatic rings. The molecule has 5 heteroatoms. The van der Waals surface area contributed by atoms with E-state index >= 15 is 0 Å². The third-order valence-electron chi connectivity index (χ3n) is 4.28. The SMILES string of the molecule is C[C@@H](C(=O)Nc1ccc(Cl)cc1F)N1CCc2ccccc2C1. The molecule has 1 atom stereocenters. The molecule has 0 unspecified atom stereocenters. The van der Waals surface area contributed by atoms with Gasteiger partial charge < -0.3 is 5.32 Å².